The van der Waals surface area contributed by atoms with Gasteiger partial charge in [-0.05, 0) is 6.92 Å². The standard InChI is InChI=1S/C9H16N2O/c1-3-8-4-9(12)11(6-8)5-7(2)10/h3,7-8H,1,4-6,10H2,2H3. The highest BCUT2D eigenvalue weighted by Crippen LogP contribution is 2.17. The Morgan fingerprint density at radius 2 is 2.58 bits per heavy atom. The van der Waals surface area contributed by atoms with Crippen LogP contribution in [0.4, 0.5) is 0 Å². The molecule has 2 atom stereocenters. The van der Waals surface area contributed by atoms with E-state index in [0.29, 0.717) is 18.9 Å². The minimum Gasteiger partial charge on any atom is -0.341 e. The third-order valence-electron chi connectivity index (χ3n) is 2.09. The number of hydrogen-bond donors (Lipinski definition) is 1. The lowest BCUT2D eigenvalue weighted by atomic mass is 10.1. The van der Waals surface area contributed by atoms with E-state index in [9.17, 15) is 4.79 Å². The molecule has 0 spiro atoms. The first-order chi connectivity index (χ1) is 5.63. The van der Waals surface area contributed by atoms with Gasteiger partial charge in [-0.3, -0.25) is 4.79 Å². The topological polar surface area (TPSA) is 46.3 Å². The van der Waals surface area contributed by atoms with Crippen molar-refractivity contribution in [3.63, 3.8) is 0 Å². The quantitative estimate of drug-likeness (QED) is 0.619. The summed E-state index contributed by atoms with van der Waals surface area (Å²) in [6, 6.07) is 0.0671. The smallest absolute Gasteiger partial charge is 0.223 e. The number of carbonyl (C=O) groups is 1. The third kappa shape index (κ3) is 2.08. The van der Waals surface area contributed by atoms with Crippen molar-refractivity contribution in [2.24, 2.45) is 11.7 Å². The van der Waals surface area contributed by atoms with Crippen molar-refractivity contribution in [2.45, 2.75) is 19.4 Å². The van der Waals surface area contributed by atoms with Crippen LogP contribution in [0.15, 0.2) is 12.7 Å². The van der Waals surface area contributed by atoms with E-state index in [4.69, 9.17) is 5.73 Å². The van der Waals surface area contributed by atoms with E-state index < -0.39 is 0 Å². The van der Waals surface area contributed by atoms with Gasteiger partial charge in [0.25, 0.3) is 0 Å². The first-order valence-electron chi connectivity index (χ1n) is 4.29. The molecule has 1 fully saturated rings. The van der Waals surface area contributed by atoms with Crippen LogP contribution in [0.2, 0.25) is 0 Å². The summed E-state index contributed by atoms with van der Waals surface area (Å²) in [6.07, 6.45) is 2.45. The fourth-order valence-corrected chi connectivity index (χ4v) is 1.48. The maximum Gasteiger partial charge on any atom is 0.223 e. The molecule has 2 N–H and O–H groups in total. The number of amides is 1. The van der Waals surface area contributed by atoms with Crippen LogP contribution in [0.25, 0.3) is 0 Å². The number of hydrogen-bond acceptors (Lipinski definition) is 2. The molecular formula is C9H16N2O. The predicted octanol–water partition coefficient (Wildman–Crippen LogP) is 0.368. The van der Waals surface area contributed by atoms with E-state index in [-0.39, 0.29) is 11.9 Å². The molecule has 0 saturated carbocycles. The van der Waals surface area contributed by atoms with Crippen molar-refractivity contribution in [3.8, 4) is 0 Å². The van der Waals surface area contributed by atoms with E-state index in [2.05, 4.69) is 6.58 Å². The second kappa shape index (κ2) is 3.72. The van der Waals surface area contributed by atoms with Crippen LogP contribution in [-0.2, 0) is 4.79 Å². The molecule has 68 valence electrons. The van der Waals surface area contributed by atoms with Crippen LogP contribution < -0.4 is 5.73 Å². The van der Waals surface area contributed by atoms with E-state index in [1.807, 2.05) is 17.9 Å². The van der Waals surface area contributed by atoms with Crippen molar-refractivity contribution in [1.82, 2.24) is 4.90 Å². The maximum absolute atomic E-state index is 11.3. The molecule has 1 aliphatic heterocycles. The molecule has 0 aromatic carbocycles. The lowest BCUT2D eigenvalue weighted by molar-refractivity contribution is -0.127. The molecule has 1 rings (SSSR count). The number of likely N-dealkylation sites (tertiary alicyclic amines) is 1. The molecule has 12 heavy (non-hydrogen) atoms. The average molecular weight is 168 g/mol. The van der Waals surface area contributed by atoms with Crippen LogP contribution in [0.5, 0.6) is 0 Å². The molecule has 2 unspecified atom stereocenters. The van der Waals surface area contributed by atoms with Gasteiger partial charge in [0.15, 0.2) is 0 Å². The van der Waals surface area contributed by atoms with E-state index in [1.165, 1.54) is 0 Å². The first-order valence-corrected chi connectivity index (χ1v) is 4.29. The van der Waals surface area contributed by atoms with E-state index in [0.717, 1.165) is 6.54 Å². The van der Waals surface area contributed by atoms with Crippen molar-refractivity contribution >= 4 is 5.91 Å². The largest absolute Gasteiger partial charge is 0.341 e. The van der Waals surface area contributed by atoms with Crippen molar-refractivity contribution in [2.75, 3.05) is 13.1 Å². The Kier molecular flexibility index (Phi) is 2.87. The Morgan fingerprint density at radius 3 is 3.00 bits per heavy atom. The van der Waals surface area contributed by atoms with Gasteiger partial charge in [0, 0.05) is 31.5 Å². The molecule has 3 nitrogen and oxygen atoms in total. The van der Waals surface area contributed by atoms with Gasteiger partial charge >= 0.3 is 0 Å². The predicted molar refractivity (Wildman–Crippen MR) is 48.5 cm³/mol. The molecule has 0 radical (unpaired) electrons. The maximum atomic E-state index is 11.3. The summed E-state index contributed by atoms with van der Waals surface area (Å²) >= 11 is 0. The molecule has 0 aromatic heterocycles. The highest BCUT2D eigenvalue weighted by Gasteiger charge is 2.27. The Hall–Kier alpha value is -0.830. The zero-order valence-corrected chi connectivity index (χ0v) is 7.49. The average Bonchev–Trinajstić information content (AvgIpc) is 2.31. The SMILES string of the molecule is C=CC1CC(=O)N(CC(C)N)C1. The summed E-state index contributed by atoms with van der Waals surface area (Å²) in [5.41, 5.74) is 5.60. The third-order valence-corrected chi connectivity index (χ3v) is 2.09. The van der Waals surface area contributed by atoms with Gasteiger partial charge in [-0.25, -0.2) is 0 Å². The van der Waals surface area contributed by atoms with Crippen molar-refractivity contribution < 1.29 is 4.79 Å². The minimum absolute atomic E-state index is 0.0671. The minimum atomic E-state index is 0.0671. The number of carbonyl (C=O) groups excluding carboxylic acids is 1. The van der Waals surface area contributed by atoms with Crippen LogP contribution in [0.1, 0.15) is 13.3 Å². The molecule has 1 aliphatic rings. The van der Waals surface area contributed by atoms with Crippen LogP contribution in [0.3, 0.4) is 0 Å². The molecule has 0 aliphatic carbocycles. The van der Waals surface area contributed by atoms with E-state index >= 15 is 0 Å². The molecule has 1 amide bonds. The Bertz CT molecular complexity index is 189. The first kappa shape index (κ1) is 9.26. The summed E-state index contributed by atoms with van der Waals surface area (Å²) in [5.74, 6) is 0.536. The van der Waals surface area contributed by atoms with Crippen molar-refractivity contribution in [1.29, 1.82) is 0 Å². The lowest BCUT2D eigenvalue weighted by Gasteiger charge is -2.17. The monoisotopic (exact) mass is 168 g/mol. The number of nitrogens with two attached hydrogens (primary N) is 1. The Labute approximate surface area is 73.2 Å². The number of rotatable bonds is 3. The fourth-order valence-electron chi connectivity index (χ4n) is 1.48. The van der Waals surface area contributed by atoms with Gasteiger partial charge in [-0.1, -0.05) is 6.08 Å². The van der Waals surface area contributed by atoms with Crippen LogP contribution in [0, 0.1) is 5.92 Å². The summed E-state index contributed by atoms with van der Waals surface area (Å²) in [6.45, 7) is 7.06. The normalized spacial score (nSPS) is 26.0. The molecule has 0 bridgehead atoms. The molecule has 3 heteroatoms. The fraction of sp³-hybridized carbons (Fsp3) is 0.667. The summed E-state index contributed by atoms with van der Waals surface area (Å²) in [7, 11) is 0. The van der Waals surface area contributed by atoms with Crippen LogP contribution >= 0.6 is 0 Å². The second-order valence-corrected chi connectivity index (χ2v) is 3.48. The summed E-state index contributed by atoms with van der Waals surface area (Å²) in [4.78, 5) is 13.1. The summed E-state index contributed by atoms with van der Waals surface area (Å²) < 4.78 is 0. The zero-order chi connectivity index (χ0) is 9.14. The molecule has 1 saturated heterocycles. The van der Waals surface area contributed by atoms with Gasteiger partial charge in [0.05, 0.1) is 0 Å². The van der Waals surface area contributed by atoms with Crippen LogP contribution in [-0.4, -0.2) is 29.9 Å². The highest BCUT2D eigenvalue weighted by atomic mass is 16.2. The molecular weight excluding hydrogens is 152 g/mol. The lowest BCUT2D eigenvalue weighted by Crippen LogP contribution is -2.36. The Balaban J connectivity index is 2.46. The van der Waals surface area contributed by atoms with Gasteiger partial charge in [0.1, 0.15) is 0 Å². The summed E-state index contributed by atoms with van der Waals surface area (Å²) in [5, 5.41) is 0. The van der Waals surface area contributed by atoms with Gasteiger partial charge in [-0.15, -0.1) is 6.58 Å². The van der Waals surface area contributed by atoms with Gasteiger partial charge in [-0.2, -0.15) is 0 Å². The molecule has 0 aromatic rings. The Morgan fingerprint density at radius 1 is 1.92 bits per heavy atom. The van der Waals surface area contributed by atoms with Gasteiger partial charge < -0.3 is 10.6 Å². The molecule has 1 heterocycles. The van der Waals surface area contributed by atoms with Gasteiger partial charge in [0.2, 0.25) is 5.91 Å². The zero-order valence-electron chi connectivity index (χ0n) is 7.49. The highest BCUT2D eigenvalue weighted by molar-refractivity contribution is 5.79. The number of nitrogens with zero attached hydrogens (tertiary/aromatic N) is 1. The second-order valence-electron chi connectivity index (χ2n) is 3.48. The van der Waals surface area contributed by atoms with E-state index in [1.54, 1.807) is 0 Å². The van der Waals surface area contributed by atoms with Crippen molar-refractivity contribution in [3.05, 3.63) is 12.7 Å².